The summed E-state index contributed by atoms with van der Waals surface area (Å²) in [5.41, 5.74) is 5.75. The lowest BCUT2D eigenvalue weighted by atomic mass is 10.2. The molecule has 0 fully saturated rings. The highest BCUT2D eigenvalue weighted by atomic mass is 16.5. The van der Waals surface area contributed by atoms with Crippen LogP contribution in [0.15, 0.2) is 42.6 Å². The van der Waals surface area contributed by atoms with Gasteiger partial charge in [-0.3, -0.25) is 20.4 Å². The molecule has 1 heterocycles. The Kier molecular flexibility index (Phi) is 6.65. The molecule has 2 aromatic rings. The smallest absolute Gasteiger partial charge is 0.286 e. The van der Waals surface area contributed by atoms with Gasteiger partial charge in [0.25, 0.3) is 11.8 Å². The average molecular weight is 343 g/mol. The number of amides is 2. The third-order valence-corrected chi connectivity index (χ3v) is 3.22. The Hall–Kier alpha value is -3.22. The Bertz CT molecular complexity index is 739. The number of hydrogen-bond acceptors (Lipinski definition) is 4. The number of ether oxygens (including phenoxy) is 2. The van der Waals surface area contributed by atoms with Crippen LogP contribution in [-0.4, -0.2) is 30.5 Å². The number of aromatic amines is 1. The molecule has 2 rings (SSSR count). The van der Waals surface area contributed by atoms with E-state index in [0.29, 0.717) is 23.8 Å². The van der Waals surface area contributed by atoms with Gasteiger partial charge in [-0.05, 0) is 42.3 Å². The number of carbonyl (C=O) groups is 2. The molecule has 0 atom stereocenters. The maximum Gasteiger partial charge on any atom is 0.286 e. The lowest BCUT2D eigenvalue weighted by molar-refractivity contribution is -0.117. The molecule has 0 aliphatic carbocycles. The molecule has 1 aromatic heterocycles. The maximum absolute atomic E-state index is 11.8. The molecule has 0 bridgehead atoms. The average Bonchev–Trinajstić information content (AvgIpc) is 3.17. The van der Waals surface area contributed by atoms with E-state index < -0.39 is 11.8 Å². The molecule has 0 aliphatic rings. The second-order valence-electron chi connectivity index (χ2n) is 5.12. The zero-order chi connectivity index (χ0) is 18.1. The van der Waals surface area contributed by atoms with Crippen LogP contribution >= 0.6 is 0 Å². The van der Waals surface area contributed by atoms with Crippen molar-refractivity contribution in [2.45, 2.75) is 13.3 Å². The highest BCUT2D eigenvalue weighted by Gasteiger charge is 2.07. The summed E-state index contributed by atoms with van der Waals surface area (Å²) in [6, 6.07) is 8.67. The van der Waals surface area contributed by atoms with E-state index in [0.717, 1.165) is 12.0 Å². The first-order valence-electron chi connectivity index (χ1n) is 7.86. The maximum atomic E-state index is 11.8. The first-order valence-corrected chi connectivity index (χ1v) is 7.86. The second-order valence-corrected chi connectivity index (χ2v) is 5.12. The first-order chi connectivity index (χ1) is 12.1. The van der Waals surface area contributed by atoms with Gasteiger partial charge >= 0.3 is 0 Å². The lowest BCUT2D eigenvalue weighted by Crippen LogP contribution is -2.40. The van der Waals surface area contributed by atoms with E-state index in [1.165, 1.54) is 6.08 Å². The number of hydrogen-bond donors (Lipinski definition) is 3. The number of nitrogens with one attached hydrogen (secondary N) is 3. The van der Waals surface area contributed by atoms with Gasteiger partial charge in [0.1, 0.15) is 5.69 Å². The third kappa shape index (κ3) is 5.42. The Labute approximate surface area is 146 Å². The van der Waals surface area contributed by atoms with Crippen LogP contribution in [0.2, 0.25) is 0 Å². The van der Waals surface area contributed by atoms with Gasteiger partial charge in [0, 0.05) is 12.3 Å². The van der Waals surface area contributed by atoms with Crippen molar-refractivity contribution >= 4 is 17.9 Å². The van der Waals surface area contributed by atoms with E-state index in [4.69, 9.17) is 9.47 Å². The van der Waals surface area contributed by atoms with Gasteiger partial charge in [0.05, 0.1) is 13.7 Å². The third-order valence-electron chi connectivity index (χ3n) is 3.22. The van der Waals surface area contributed by atoms with Gasteiger partial charge in [-0.15, -0.1) is 0 Å². The lowest BCUT2D eigenvalue weighted by Gasteiger charge is -2.10. The molecule has 0 saturated heterocycles. The van der Waals surface area contributed by atoms with Crippen molar-refractivity contribution in [3.63, 3.8) is 0 Å². The van der Waals surface area contributed by atoms with Gasteiger partial charge in [-0.25, -0.2) is 0 Å². The van der Waals surface area contributed by atoms with Crippen LogP contribution in [0.5, 0.6) is 11.5 Å². The molecule has 0 unspecified atom stereocenters. The molecular weight excluding hydrogens is 322 g/mol. The van der Waals surface area contributed by atoms with Gasteiger partial charge in [-0.2, -0.15) is 0 Å². The van der Waals surface area contributed by atoms with Crippen LogP contribution in [-0.2, 0) is 4.79 Å². The Morgan fingerprint density at radius 2 is 2.04 bits per heavy atom. The Morgan fingerprint density at radius 1 is 1.20 bits per heavy atom. The minimum absolute atomic E-state index is 0.358. The number of hydrazine groups is 1. The summed E-state index contributed by atoms with van der Waals surface area (Å²) in [6.07, 6.45) is 5.45. The van der Waals surface area contributed by atoms with Crippen molar-refractivity contribution in [3.05, 3.63) is 53.9 Å². The van der Waals surface area contributed by atoms with Crippen molar-refractivity contribution in [2.75, 3.05) is 13.7 Å². The summed E-state index contributed by atoms with van der Waals surface area (Å²) >= 11 is 0. The van der Waals surface area contributed by atoms with Crippen molar-refractivity contribution in [1.29, 1.82) is 0 Å². The van der Waals surface area contributed by atoms with E-state index in [2.05, 4.69) is 15.8 Å². The van der Waals surface area contributed by atoms with Crippen LogP contribution in [0, 0.1) is 0 Å². The second kappa shape index (κ2) is 9.17. The van der Waals surface area contributed by atoms with E-state index in [1.807, 2.05) is 13.0 Å². The fourth-order valence-corrected chi connectivity index (χ4v) is 1.99. The van der Waals surface area contributed by atoms with Crippen LogP contribution < -0.4 is 20.3 Å². The standard InChI is InChI=1S/C18H21N3O4/c1-3-11-25-15-8-6-13(12-16(15)24-2)7-9-17(22)20-21-18(23)14-5-4-10-19-14/h4-10,12,19H,3,11H2,1-2H3,(H,20,22)(H,21,23)/b9-7+. The van der Waals surface area contributed by atoms with Crippen molar-refractivity contribution < 1.29 is 19.1 Å². The Morgan fingerprint density at radius 3 is 2.72 bits per heavy atom. The van der Waals surface area contributed by atoms with Gasteiger partial charge in [-0.1, -0.05) is 13.0 Å². The molecule has 2 amide bonds. The summed E-state index contributed by atoms with van der Waals surface area (Å²) < 4.78 is 10.9. The zero-order valence-corrected chi connectivity index (χ0v) is 14.2. The topological polar surface area (TPSA) is 92.5 Å². The van der Waals surface area contributed by atoms with Crippen molar-refractivity contribution in [1.82, 2.24) is 15.8 Å². The minimum Gasteiger partial charge on any atom is -0.493 e. The minimum atomic E-state index is -0.454. The molecule has 7 heteroatoms. The number of benzene rings is 1. The molecular formula is C18H21N3O4. The normalized spacial score (nSPS) is 10.5. The quantitative estimate of drug-likeness (QED) is 0.531. The number of rotatable bonds is 7. The fraction of sp³-hybridized carbons (Fsp3) is 0.222. The zero-order valence-electron chi connectivity index (χ0n) is 14.2. The molecule has 1 aromatic carbocycles. The number of H-pyrrole nitrogens is 1. The van der Waals surface area contributed by atoms with E-state index >= 15 is 0 Å². The summed E-state index contributed by atoms with van der Waals surface area (Å²) in [5.74, 6) is 0.372. The fourth-order valence-electron chi connectivity index (χ4n) is 1.99. The van der Waals surface area contributed by atoms with Crippen molar-refractivity contribution in [3.8, 4) is 11.5 Å². The van der Waals surface area contributed by atoms with Gasteiger partial charge in [0.2, 0.25) is 0 Å². The summed E-state index contributed by atoms with van der Waals surface area (Å²) in [6.45, 7) is 2.63. The monoisotopic (exact) mass is 343 g/mol. The highest BCUT2D eigenvalue weighted by molar-refractivity contribution is 5.96. The van der Waals surface area contributed by atoms with Crippen LogP contribution in [0.4, 0.5) is 0 Å². The first kappa shape index (κ1) is 18.1. The summed E-state index contributed by atoms with van der Waals surface area (Å²) in [5, 5.41) is 0. The Balaban J connectivity index is 1.91. The highest BCUT2D eigenvalue weighted by Crippen LogP contribution is 2.28. The molecule has 25 heavy (non-hydrogen) atoms. The van der Waals surface area contributed by atoms with Crippen molar-refractivity contribution in [2.24, 2.45) is 0 Å². The number of aromatic nitrogens is 1. The molecule has 0 spiro atoms. The van der Waals surface area contributed by atoms with E-state index in [1.54, 1.807) is 43.6 Å². The SMILES string of the molecule is CCCOc1ccc(/C=C/C(=O)NNC(=O)c2ccc[nH]2)cc1OC. The van der Waals surface area contributed by atoms with Crippen LogP contribution in [0.3, 0.4) is 0 Å². The summed E-state index contributed by atoms with van der Waals surface area (Å²) in [4.78, 5) is 26.2. The van der Waals surface area contributed by atoms with Gasteiger partial charge < -0.3 is 14.5 Å². The predicted molar refractivity (Wildman–Crippen MR) is 94.2 cm³/mol. The number of carbonyl (C=O) groups excluding carboxylic acids is 2. The van der Waals surface area contributed by atoms with E-state index in [-0.39, 0.29) is 0 Å². The largest absolute Gasteiger partial charge is 0.493 e. The molecule has 7 nitrogen and oxygen atoms in total. The van der Waals surface area contributed by atoms with Gasteiger partial charge in [0.15, 0.2) is 11.5 Å². The van der Waals surface area contributed by atoms with Crippen LogP contribution in [0.1, 0.15) is 29.4 Å². The number of methoxy groups -OCH3 is 1. The predicted octanol–water partition coefficient (Wildman–Crippen LogP) is 2.29. The van der Waals surface area contributed by atoms with Crippen LogP contribution in [0.25, 0.3) is 6.08 Å². The molecule has 132 valence electrons. The van der Waals surface area contributed by atoms with E-state index in [9.17, 15) is 9.59 Å². The molecule has 3 N–H and O–H groups in total. The molecule has 0 radical (unpaired) electrons. The molecule has 0 saturated carbocycles. The molecule has 0 aliphatic heterocycles. The summed E-state index contributed by atoms with van der Waals surface area (Å²) in [7, 11) is 1.56.